The third-order valence-corrected chi connectivity index (χ3v) is 20.4. The van der Waals surface area contributed by atoms with Gasteiger partial charge in [-0.3, -0.25) is 0 Å². The summed E-state index contributed by atoms with van der Waals surface area (Å²) in [5, 5.41) is 10.0. The maximum absolute atomic E-state index is 2.36. The lowest BCUT2D eigenvalue weighted by atomic mass is 9.99. The Morgan fingerprint density at radius 2 is 0.396 bits per heavy atom. The van der Waals surface area contributed by atoms with Gasteiger partial charge in [0.2, 0.25) is 0 Å². The van der Waals surface area contributed by atoms with Crippen molar-refractivity contribution in [1.82, 2.24) is 0 Å². The Morgan fingerprint density at radius 1 is 0.142 bits per heavy atom. The summed E-state index contributed by atoms with van der Waals surface area (Å²) < 4.78 is 0. The van der Waals surface area contributed by atoms with E-state index in [0.29, 0.717) is 0 Å². The highest BCUT2D eigenvalue weighted by Gasteiger charge is 2.20. The van der Waals surface area contributed by atoms with Gasteiger partial charge in [0.1, 0.15) is 0 Å². The number of hydrogen-bond donors (Lipinski definition) is 0. The van der Waals surface area contributed by atoms with Crippen molar-refractivity contribution in [3.05, 3.63) is 425 Å². The Labute approximate surface area is 621 Å². The molecule has 4 nitrogen and oxygen atoms in total. The molecule has 0 heterocycles. The molecule has 0 bridgehead atoms. The molecule has 18 aromatic rings. The molecule has 18 rings (SSSR count). The summed E-state index contributed by atoms with van der Waals surface area (Å²) in [6.07, 6.45) is 0. The normalized spacial score (nSPS) is 11.1. The fourth-order valence-electron chi connectivity index (χ4n) is 14.8. The van der Waals surface area contributed by atoms with Gasteiger partial charge in [0.25, 0.3) is 0 Å². The zero-order chi connectivity index (χ0) is 71.1. The van der Waals surface area contributed by atoms with Crippen LogP contribution >= 0.6 is 0 Å². The molecule has 0 aliphatic rings. The standard InChI is InChI=1S/2C51H38N2/c1-52(51-49-24-10-8-18-43(49)34-44-19-9-11-25-50(44)51)45-30-26-39(27-31-45)40-28-32-46(33-29-40)53(47-22-12-20-41(35-47)37-14-4-2-5-15-37)48-23-13-21-42(36-48)38-16-6-3-7-17-38;1-52(49-31-26-45-32-41-16-8-9-17-42(41)33-46(45)36-49)47-27-22-39(23-28-47)40-24-29-48(30-25-40)53(50-20-10-18-43(34-50)37-12-4-2-5-13-37)51-21-11-19-44(35-51)38-14-6-3-7-15-38/h2*2-36H,1H3. The maximum atomic E-state index is 2.36. The SMILES string of the molecule is CN(c1ccc(-c2ccc(N(c3cccc(-c4ccccc4)c3)c3cccc(-c4ccccc4)c3)cc2)cc1)c1c2ccccc2cc2ccccc12.CN(c1ccc(-c2ccc(N(c3cccc(-c4ccccc4)c3)c3cccc(-c4ccccc4)c3)cc2)cc1)c1ccc2cc3ccccc3cc2c1. The van der Waals surface area contributed by atoms with E-state index in [4.69, 9.17) is 0 Å². The van der Waals surface area contributed by atoms with Gasteiger partial charge in [-0.2, -0.15) is 0 Å². The van der Waals surface area contributed by atoms with E-state index in [9.17, 15) is 0 Å². The summed E-state index contributed by atoms with van der Waals surface area (Å²) in [5.41, 5.74) is 25.6. The minimum atomic E-state index is 1.10. The van der Waals surface area contributed by atoms with Crippen LogP contribution in [0.25, 0.3) is 110 Å². The molecule has 4 heteroatoms. The lowest BCUT2D eigenvalue weighted by Gasteiger charge is -2.27. The van der Waals surface area contributed by atoms with E-state index in [0.717, 1.165) is 51.2 Å². The predicted molar refractivity (Wildman–Crippen MR) is 454 cm³/mol. The number of rotatable bonds is 16. The first-order valence-electron chi connectivity index (χ1n) is 36.3. The number of hydrogen-bond acceptors (Lipinski definition) is 4. The maximum Gasteiger partial charge on any atom is 0.0567 e. The summed E-state index contributed by atoms with van der Waals surface area (Å²) in [6.45, 7) is 0. The molecule has 0 aromatic heterocycles. The van der Waals surface area contributed by atoms with Gasteiger partial charge in [0.05, 0.1) is 5.69 Å². The number of benzene rings is 18. The number of fused-ring (bicyclic) bond motifs is 4. The summed E-state index contributed by atoms with van der Waals surface area (Å²) in [6, 6.07) is 153. The molecular weight excluding hydrogens is 1280 g/mol. The van der Waals surface area contributed by atoms with E-state index in [-0.39, 0.29) is 0 Å². The van der Waals surface area contributed by atoms with Crippen LogP contribution in [0.1, 0.15) is 0 Å². The molecule has 0 unspecified atom stereocenters. The van der Waals surface area contributed by atoms with Crippen LogP contribution in [-0.4, -0.2) is 14.1 Å². The van der Waals surface area contributed by atoms with Gasteiger partial charge < -0.3 is 19.6 Å². The second-order valence-electron chi connectivity index (χ2n) is 27.0. The van der Waals surface area contributed by atoms with Crippen LogP contribution in [0.3, 0.4) is 0 Å². The molecule has 0 aliphatic heterocycles. The Hall–Kier alpha value is -13.8. The molecule has 0 saturated carbocycles. The summed E-state index contributed by atoms with van der Waals surface area (Å²) >= 11 is 0. The van der Waals surface area contributed by atoms with Gasteiger partial charge in [0, 0.05) is 76.1 Å². The fraction of sp³-hybridized carbons (Fsp3) is 0.0196. The average Bonchev–Trinajstić information content (AvgIpc) is 0.758. The zero-order valence-corrected chi connectivity index (χ0v) is 59.2. The first-order chi connectivity index (χ1) is 52.3. The third-order valence-electron chi connectivity index (χ3n) is 20.4. The second kappa shape index (κ2) is 29.6. The minimum Gasteiger partial charge on any atom is -0.345 e. The highest BCUT2D eigenvalue weighted by molar-refractivity contribution is 6.12. The van der Waals surface area contributed by atoms with Crippen LogP contribution in [0.5, 0.6) is 0 Å². The van der Waals surface area contributed by atoms with E-state index in [1.807, 2.05) is 0 Å². The molecule has 504 valence electrons. The third kappa shape index (κ3) is 13.8. The van der Waals surface area contributed by atoms with Crippen LogP contribution in [0.4, 0.5) is 56.9 Å². The molecule has 0 fully saturated rings. The first-order valence-corrected chi connectivity index (χ1v) is 36.3. The van der Waals surface area contributed by atoms with Crippen molar-refractivity contribution in [1.29, 1.82) is 0 Å². The molecule has 0 N–H and O–H groups in total. The van der Waals surface area contributed by atoms with E-state index < -0.39 is 0 Å². The monoisotopic (exact) mass is 1360 g/mol. The van der Waals surface area contributed by atoms with Crippen LogP contribution in [0.2, 0.25) is 0 Å². The van der Waals surface area contributed by atoms with Crippen molar-refractivity contribution in [3.63, 3.8) is 0 Å². The van der Waals surface area contributed by atoms with Crippen LogP contribution in [-0.2, 0) is 0 Å². The molecule has 0 amide bonds. The predicted octanol–water partition coefficient (Wildman–Crippen LogP) is 28.5. The van der Waals surface area contributed by atoms with E-state index >= 15 is 0 Å². The van der Waals surface area contributed by atoms with Gasteiger partial charge in [-0.1, -0.05) is 297 Å². The Morgan fingerprint density at radius 3 is 0.755 bits per heavy atom. The summed E-state index contributed by atoms with van der Waals surface area (Å²) in [4.78, 5) is 9.29. The lowest BCUT2D eigenvalue weighted by Crippen LogP contribution is -2.10. The molecule has 0 atom stereocenters. The van der Waals surface area contributed by atoms with Crippen molar-refractivity contribution in [2.45, 2.75) is 0 Å². The van der Waals surface area contributed by atoms with E-state index in [2.05, 4.69) is 458 Å². The number of anilines is 10. The van der Waals surface area contributed by atoms with Gasteiger partial charge in [-0.15, -0.1) is 0 Å². The highest BCUT2D eigenvalue weighted by Crippen LogP contribution is 2.44. The quantitative estimate of drug-likeness (QED) is 0.0894. The van der Waals surface area contributed by atoms with Gasteiger partial charge in [0.15, 0.2) is 0 Å². The van der Waals surface area contributed by atoms with E-state index in [1.165, 1.54) is 116 Å². The Kier molecular flexibility index (Phi) is 18.3. The molecule has 0 aliphatic carbocycles. The smallest absolute Gasteiger partial charge is 0.0567 e. The van der Waals surface area contributed by atoms with Crippen molar-refractivity contribution in [3.8, 4) is 66.8 Å². The van der Waals surface area contributed by atoms with Gasteiger partial charge >= 0.3 is 0 Å². The van der Waals surface area contributed by atoms with Crippen LogP contribution in [0.15, 0.2) is 425 Å². The highest BCUT2D eigenvalue weighted by atomic mass is 15.2. The van der Waals surface area contributed by atoms with Crippen molar-refractivity contribution in [2.24, 2.45) is 0 Å². The van der Waals surface area contributed by atoms with E-state index in [1.54, 1.807) is 0 Å². The second-order valence-corrected chi connectivity index (χ2v) is 27.0. The molecule has 0 radical (unpaired) electrons. The zero-order valence-electron chi connectivity index (χ0n) is 59.2. The first kappa shape index (κ1) is 65.5. The summed E-state index contributed by atoms with van der Waals surface area (Å²) in [5.74, 6) is 0. The van der Waals surface area contributed by atoms with Crippen LogP contribution < -0.4 is 19.6 Å². The molecule has 0 spiro atoms. The largest absolute Gasteiger partial charge is 0.345 e. The van der Waals surface area contributed by atoms with Crippen molar-refractivity contribution < 1.29 is 0 Å². The van der Waals surface area contributed by atoms with Crippen molar-refractivity contribution >= 4 is 100.0 Å². The molecule has 106 heavy (non-hydrogen) atoms. The molecular formula is C102H76N4. The fourth-order valence-corrected chi connectivity index (χ4v) is 14.8. The molecule has 18 aromatic carbocycles. The average molecular weight is 1360 g/mol. The molecule has 0 saturated heterocycles. The lowest BCUT2D eigenvalue weighted by molar-refractivity contribution is 1.21. The Bertz CT molecular complexity index is 5860. The number of nitrogens with zero attached hydrogens (tertiary/aromatic N) is 4. The van der Waals surface area contributed by atoms with Crippen molar-refractivity contribution in [2.75, 3.05) is 33.7 Å². The topological polar surface area (TPSA) is 13.0 Å². The Balaban J connectivity index is 0.000000156. The minimum absolute atomic E-state index is 1.10. The van der Waals surface area contributed by atoms with Gasteiger partial charge in [-0.05, 0) is 226 Å². The van der Waals surface area contributed by atoms with Crippen LogP contribution in [0, 0.1) is 0 Å². The van der Waals surface area contributed by atoms with Gasteiger partial charge in [-0.25, -0.2) is 0 Å². The summed E-state index contributed by atoms with van der Waals surface area (Å²) in [7, 11) is 4.31.